The van der Waals surface area contributed by atoms with Crippen molar-refractivity contribution in [3.8, 4) is 0 Å². The lowest BCUT2D eigenvalue weighted by atomic mass is 9.84. The highest BCUT2D eigenvalue weighted by molar-refractivity contribution is 5.15. The Bertz CT molecular complexity index is 238. The maximum Gasteiger partial charge on any atom is 0.0986 e. The molecule has 1 aliphatic heterocycles. The van der Waals surface area contributed by atoms with E-state index in [1.165, 1.54) is 37.0 Å². The van der Waals surface area contributed by atoms with Crippen molar-refractivity contribution < 1.29 is 4.74 Å². The van der Waals surface area contributed by atoms with E-state index in [1.807, 2.05) is 0 Å². The molecule has 0 amide bonds. The molecule has 0 aromatic heterocycles. The third-order valence-corrected chi connectivity index (χ3v) is 4.15. The predicted molar refractivity (Wildman–Crippen MR) is 70.3 cm³/mol. The number of ether oxygens (including phenoxy) is 1. The maximum absolute atomic E-state index is 6.20. The fraction of sp³-hybridized carbons (Fsp3) is 0.867. The lowest BCUT2D eigenvalue weighted by Crippen LogP contribution is -2.27. The molecule has 1 heteroatoms. The van der Waals surface area contributed by atoms with Crippen LogP contribution < -0.4 is 0 Å². The van der Waals surface area contributed by atoms with Crippen LogP contribution in [0.3, 0.4) is 0 Å². The minimum absolute atomic E-state index is 0.462. The van der Waals surface area contributed by atoms with Gasteiger partial charge in [-0.05, 0) is 50.5 Å². The van der Waals surface area contributed by atoms with Crippen LogP contribution in [0.15, 0.2) is 11.3 Å². The Morgan fingerprint density at radius 3 is 2.19 bits per heavy atom. The minimum Gasteiger partial charge on any atom is -0.495 e. The number of rotatable bonds is 5. The van der Waals surface area contributed by atoms with Crippen molar-refractivity contribution in [1.29, 1.82) is 0 Å². The van der Waals surface area contributed by atoms with E-state index >= 15 is 0 Å². The molecule has 0 fully saturated rings. The van der Waals surface area contributed by atoms with Crippen LogP contribution in [0.5, 0.6) is 0 Å². The molecule has 2 atom stereocenters. The standard InChI is InChI=1S/C15H28O/c1-6-12(7-2)15-11(5)13(8-3)10-14(9-4)16-15/h12-14H,6-10H2,1-5H3. The monoisotopic (exact) mass is 224 g/mol. The summed E-state index contributed by atoms with van der Waals surface area (Å²) in [5.74, 6) is 2.73. The molecule has 0 saturated heterocycles. The average Bonchev–Trinajstić information content (AvgIpc) is 2.32. The molecular formula is C15H28O. The van der Waals surface area contributed by atoms with E-state index in [0.29, 0.717) is 12.0 Å². The van der Waals surface area contributed by atoms with E-state index < -0.39 is 0 Å². The zero-order chi connectivity index (χ0) is 12.1. The van der Waals surface area contributed by atoms with E-state index in [-0.39, 0.29) is 0 Å². The first-order valence-corrected chi connectivity index (χ1v) is 7.05. The Morgan fingerprint density at radius 2 is 1.75 bits per heavy atom. The van der Waals surface area contributed by atoms with Gasteiger partial charge < -0.3 is 4.74 Å². The second-order valence-electron chi connectivity index (χ2n) is 5.05. The van der Waals surface area contributed by atoms with Crippen molar-refractivity contribution in [1.82, 2.24) is 0 Å². The molecule has 0 aromatic rings. The predicted octanol–water partition coefficient (Wildman–Crippen LogP) is 4.92. The highest BCUT2D eigenvalue weighted by Crippen LogP contribution is 2.37. The molecule has 94 valence electrons. The van der Waals surface area contributed by atoms with Crippen molar-refractivity contribution in [2.75, 3.05) is 0 Å². The Hall–Kier alpha value is -0.460. The van der Waals surface area contributed by atoms with Gasteiger partial charge in [0.15, 0.2) is 0 Å². The second kappa shape index (κ2) is 6.32. The van der Waals surface area contributed by atoms with Gasteiger partial charge in [0.1, 0.15) is 0 Å². The number of hydrogen-bond donors (Lipinski definition) is 0. The first kappa shape index (κ1) is 13.6. The van der Waals surface area contributed by atoms with Crippen molar-refractivity contribution >= 4 is 0 Å². The molecule has 1 nitrogen and oxygen atoms in total. The van der Waals surface area contributed by atoms with Gasteiger partial charge in [-0.3, -0.25) is 0 Å². The molecule has 0 aromatic carbocycles. The zero-order valence-electron chi connectivity index (χ0n) is 11.7. The molecule has 0 saturated carbocycles. The van der Waals surface area contributed by atoms with Crippen LogP contribution >= 0.6 is 0 Å². The summed E-state index contributed by atoms with van der Waals surface area (Å²) in [4.78, 5) is 0. The van der Waals surface area contributed by atoms with Crippen LogP contribution in [0.4, 0.5) is 0 Å². The van der Waals surface area contributed by atoms with Gasteiger partial charge >= 0.3 is 0 Å². The summed E-state index contributed by atoms with van der Waals surface area (Å²) in [5, 5.41) is 0. The molecule has 1 aliphatic rings. The first-order chi connectivity index (χ1) is 7.67. The molecule has 0 aliphatic carbocycles. The molecule has 0 spiro atoms. The highest BCUT2D eigenvalue weighted by atomic mass is 16.5. The first-order valence-electron chi connectivity index (χ1n) is 7.05. The number of hydrogen-bond acceptors (Lipinski definition) is 1. The van der Waals surface area contributed by atoms with Gasteiger partial charge in [-0.2, -0.15) is 0 Å². The minimum atomic E-state index is 0.462. The summed E-state index contributed by atoms with van der Waals surface area (Å²) in [6.45, 7) is 11.4. The molecule has 16 heavy (non-hydrogen) atoms. The van der Waals surface area contributed by atoms with Crippen LogP contribution in [0.2, 0.25) is 0 Å². The van der Waals surface area contributed by atoms with Crippen LogP contribution in [0, 0.1) is 11.8 Å². The summed E-state index contributed by atoms with van der Waals surface area (Å²) in [7, 11) is 0. The van der Waals surface area contributed by atoms with Crippen molar-refractivity contribution in [3.63, 3.8) is 0 Å². The molecular weight excluding hydrogens is 196 g/mol. The SMILES string of the molecule is CCC1CC(CC)C(C)=C(C(CC)CC)O1. The fourth-order valence-electron chi connectivity index (χ4n) is 2.82. The van der Waals surface area contributed by atoms with Gasteiger partial charge in [-0.25, -0.2) is 0 Å². The molecule has 1 rings (SSSR count). The van der Waals surface area contributed by atoms with Gasteiger partial charge in [0.05, 0.1) is 11.9 Å². The highest BCUT2D eigenvalue weighted by Gasteiger charge is 2.29. The second-order valence-corrected chi connectivity index (χ2v) is 5.05. The smallest absolute Gasteiger partial charge is 0.0986 e. The van der Waals surface area contributed by atoms with Gasteiger partial charge in [0, 0.05) is 5.92 Å². The summed E-state index contributed by atoms with van der Waals surface area (Å²) < 4.78 is 6.20. The van der Waals surface area contributed by atoms with E-state index in [9.17, 15) is 0 Å². The lowest BCUT2D eigenvalue weighted by Gasteiger charge is -2.35. The molecule has 1 heterocycles. The Morgan fingerprint density at radius 1 is 1.12 bits per heavy atom. The average molecular weight is 224 g/mol. The van der Waals surface area contributed by atoms with Crippen LogP contribution in [-0.4, -0.2) is 6.10 Å². The Labute approximate surface area is 101 Å². The molecule has 0 bridgehead atoms. The van der Waals surface area contributed by atoms with Crippen molar-refractivity contribution in [3.05, 3.63) is 11.3 Å². The third-order valence-electron chi connectivity index (χ3n) is 4.15. The molecule has 2 unspecified atom stereocenters. The van der Waals surface area contributed by atoms with Crippen LogP contribution in [-0.2, 0) is 4.74 Å². The normalized spacial score (nSPS) is 26.1. The Balaban J connectivity index is 2.91. The van der Waals surface area contributed by atoms with Gasteiger partial charge in [-0.15, -0.1) is 0 Å². The molecule has 0 N–H and O–H groups in total. The van der Waals surface area contributed by atoms with Gasteiger partial charge in [0.2, 0.25) is 0 Å². The van der Waals surface area contributed by atoms with Crippen molar-refractivity contribution in [2.45, 2.75) is 72.8 Å². The fourth-order valence-corrected chi connectivity index (χ4v) is 2.82. The van der Waals surface area contributed by atoms with E-state index in [4.69, 9.17) is 4.74 Å². The van der Waals surface area contributed by atoms with Crippen LogP contribution in [0.1, 0.15) is 66.7 Å². The van der Waals surface area contributed by atoms with Gasteiger partial charge in [0.25, 0.3) is 0 Å². The topological polar surface area (TPSA) is 9.23 Å². The quantitative estimate of drug-likeness (QED) is 0.644. The summed E-state index contributed by atoms with van der Waals surface area (Å²) in [5.41, 5.74) is 1.53. The molecule has 0 radical (unpaired) electrons. The third kappa shape index (κ3) is 2.81. The summed E-state index contributed by atoms with van der Waals surface area (Å²) >= 11 is 0. The van der Waals surface area contributed by atoms with Crippen molar-refractivity contribution in [2.24, 2.45) is 11.8 Å². The van der Waals surface area contributed by atoms with E-state index in [1.54, 1.807) is 0 Å². The van der Waals surface area contributed by atoms with E-state index in [0.717, 1.165) is 12.3 Å². The Kier molecular flexibility index (Phi) is 5.37. The van der Waals surface area contributed by atoms with Gasteiger partial charge in [-0.1, -0.05) is 27.7 Å². The maximum atomic E-state index is 6.20. The largest absolute Gasteiger partial charge is 0.495 e. The summed E-state index contributed by atoms with van der Waals surface area (Å²) in [6.07, 6.45) is 6.50. The van der Waals surface area contributed by atoms with E-state index in [2.05, 4.69) is 34.6 Å². The zero-order valence-corrected chi connectivity index (χ0v) is 11.7. The lowest BCUT2D eigenvalue weighted by molar-refractivity contribution is 0.0470. The number of allylic oxidation sites excluding steroid dienone is 2. The van der Waals surface area contributed by atoms with Crippen LogP contribution in [0.25, 0.3) is 0 Å². The summed E-state index contributed by atoms with van der Waals surface area (Å²) in [6, 6.07) is 0.